The third kappa shape index (κ3) is 6.42. The highest BCUT2D eigenvalue weighted by atomic mass is 16.5. The first kappa shape index (κ1) is 24.0. The van der Waals surface area contributed by atoms with Gasteiger partial charge in [0, 0.05) is 39.4 Å². The monoisotopic (exact) mass is 437 g/mol. The summed E-state index contributed by atoms with van der Waals surface area (Å²) in [6, 6.07) is 18.2. The summed E-state index contributed by atoms with van der Waals surface area (Å²) in [5.41, 5.74) is 4.12. The number of aliphatic hydroxyl groups excluding tert-OH is 1. The van der Waals surface area contributed by atoms with Gasteiger partial charge in [-0.15, -0.1) is 0 Å². The molecule has 3 aromatic rings. The van der Waals surface area contributed by atoms with Gasteiger partial charge in [0.2, 0.25) is 5.88 Å². The lowest BCUT2D eigenvalue weighted by Crippen LogP contribution is -2.36. The Morgan fingerprint density at radius 3 is 2.34 bits per heavy atom. The Morgan fingerprint density at radius 1 is 1.03 bits per heavy atom. The maximum absolute atomic E-state index is 10.4. The molecular formula is C26H35N3O3. The van der Waals surface area contributed by atoms with Gasteiger partial charge >= 0.3 is 0 Å². The van der Waals surface area contributed by atoms with Crippen molar-refractivity contribution >= 4 is 0 Å². The van der Waals surface area contributed by atoms with Crippen molar-refractivity contribution in [2.75, 3.05) is 26.8 Å². The summed E-state index contributed by atoms with van der Waals surface area (Å²) in [4.78, 5) is 2.25. The van der Waals surface area contributed by atoms with Gasteiger partial charge in [-0.3, -0.25) is 4.90 Å². The van der Waals surface area contributed by atoms with Crippen LogP contribution in [0.3, 0.4) is 0 Å². The number of hydrogen-bond acceptors (Lipinski definition) is 5. The Kier molecular flexibility index (Phi) is 8.45. The lowest BCUT2D eigenvalue weighted by Gasteiger charge is -2.27. The third-order valence-electron chi connectivity index (χ3n) is 5.20. The zero-order valence-corrected chi connectivity index (χ0v) is 19.8. The predicted octanol–water partition coefficient (Wildman–Crippen LogP) is 4.65. The fourth-order valence-electron chi connectivity index (χ4n) is 3.86. The fourth-order valence-corrected chi connectivity index (χ4v) is 3.86. The maximum Gasteiger partial charge on any atom is 0.222 e. The van der Waals surface area contributed by atoms with Crippen molar-refractivity contribution in [3.63, 3.8) is 0 Å². The minimum Gasteiger partial charge on any atom is -0.439 e. The average molecular weight is 438 g/mol. The smallest absolute Gasteiger partial charge is 0.222 e. The molecule has 1 atom stereocenters. The van der Waals surface area contributed by atoms with Crippen LogP contribution in [0.25, 0.3) is 11.3 Å². The van der Waals surface area contributed by atoms with E-state index < -0.39 is 6.10 Å². The quantitative estimate of drug-likeness (QED) is 0.473. The van der Waals surface area contributed by atoms with E-state index >= 15 is 0 Å². The highest BCUT2D eigenvalue weighted by Gasteiger charge is 2.23. The Labute approximate surface area is 191 Å². The number of methoxy groups -OCH3 is 1. The van der Waals surface area contributed by atoms with Crippen LogP contribution in [0.5, 0.6) is 11.6 Å². The molecule has 3 rings (SSSR count). The van der Waals surface area contributed by atoms with Crippen molar-refractivity contribution in [1.82, 2.24) is 14.7 Å². The molecule has 6 heteroatoms. The summed E-state index contributed by atoms with van der Waals surface area (Å²) in [7, 11) is 3.52. The molecule has 0 bridgehead atoms. The largest absolute Gasteiger partial charge is 0.439 e. The minimum absolute atomic E-state index is 0.305. The number of benzene rings is 2. The SMILES string of the molecule is COC[C@H](O)CN(Cc1c(-c2ccccc2)nn(C)c1Oc1ccc(C)cc1)CC(C)C. The highest BCUT2D eigenvalue weighted by molar-refractivity contribution is 5.65. The predicted molar refractivity (Wildman–Crippen MR) is 128 cm³/mol. The number of nitrogens with zero attached hydrogens (tertiary/aromatic N) is 3. The molecule has 1 aromatic heterocycles. The van der Waals surface area contributed by atoms with Crippen LogP contribution in [0.15, 0.2) is 54.6 Å². The Hall–Kier alpha value is -2.67. The minimum atomic E-state index is -0.558. The standard InChI is InChI=1S/C26H35N3O3/c1-19(2)15-29(16-22(30)18-31-5)17-24-25(21-9-7-6-8-10-21)27-28(4)26(24)32-23-13-11-20(3)12-14-23/h6-14,19,22,30H,15-18H2,1-5H3/t22-/m1/s1. The second-order valence-corrected chi connectivity index (χ2v) is 8.73. The van der Waals surface area contributed by atoms with Crippen LogP contribution in [0, 0.1) is 12.8 Å². The lowest BCUT2D eigenvalue weighted by atomic mass is 10.1. The van der Waals surface area contributed by atoms with E-state index in [0.717, 1.165) is 29.1 Å². The molecular weight excluding hydrogens is 402 g/mol. The Balaban J connectivity index is 2.00. The topological polar surface area (TPSA) is 59.8 Å². The first-order valence-electron chi connectivity index (χ1n) is 11.1. The van der Waals surface area contributed by atoms with Gasteiger partial charge in [0.05, 0.1) is 18.3 Å². The molecule has 0 aliphatic heterocycles. The van der Waals surface area contributed by atoms with E-state index in [1.54, 1.807) is 11.8 Å². The van der Waals surface area contributed by atoms with Gasteiger partial charge in [0.1, 0.15) is 11.4 Å². The molecule has 0 spiro atoms. The molecule has 0 fully saturated rings. The van der Waals surface area contributed by atoms with E-state index in [9.17, 15) is 5.11 Å². The number of aryl methyl sites for hydroxylation is 2. The number of aliphatic hydroxyl groups is 1. The number of hydrogen-bond donors (Lipinski definition) is 1. The van der Waals surface area contributed by atoms with Crippen molar-refractivity contribution in [2.45, 2.75) is 33.4 Å². The van der Waals surface area contributed by atoms with E-state index in [-0.39, 0.29) is 0 Å². The van der Waals surface area contributed by atoms with Gasteiger partial charge in [-0.25, -0.2) is 4.68 Å². The molecule has 0 unspecified atom stereocenters. The fraction of sp³-hybridized carbons (Fsp3) is 0.423. The summed E-state index contributed by atoms with van der Waals surface area (Å²) in [5, 5.41) is 15.2. The number of ether oxygens (including phenoxy) is 2. The molecule has 32 heavy (non-hydrogen) atoms. The van der Waals surface area contributed by atoms with Gasteiger partial charge in [0.25, 0.3) is 0 Å². The second kappa shape index (κ2) is 11.3. The van der Waals surface area contributed by atoms with Crippen molar-refractivity contribution in [3.8, 4) is 22.9 Å². The molecule has 0 saturated heterocycles. The van der Waals surface area contributed by atoms with Crippen LogP contribution in [0.1, 0.15) is 25.0 Å². The van der Waals surface area contributed by atoms with Gasteiger partial charge in [-0.05, 0) is 25.0 Å². The van der Waals surface area contributed by atoms with Gasteiger partial charge < -0.3 is 14.6 Å². The zero-order valence-electron chi connectivity index (χ0n) is 19.8. The lowest BCUT2D eigenvalue weighted by molar-refractivity contribution is 0.0330. The number of aromatic nitrogens is 2. The molecule has 0 aliphatic rings. The molecule has 2 aromatic carbocycles. The van der Waals surface area contributed by atoms with Crippen LogP contribution < -0.4 is 4.74 Å². The van der Waals surface area contributed by atoms with E-state index in [1.165, 1.54) is 5.56 Å². The highest BCUT2D eigenvalue weighted by Crippen LogP contribution is 2.34. The molecule has 0 aliphatic carbocycles. The maximum atomic E-state index is 10.4. The summed E-state index contributed by atoms with van der Waals surface area (Å²) >= 11 is 0. The molecule has 6 nitrogen and oxygen atoms in total. The molecule has 0 radical (unpaired) electrons. The first-order chi connectivity index (χ1) is 15.4. The molecule has 1 heterocycles. The van der Waals surface area contributed by atoms with E-state index in [4.69, 9.17) is 14.6 Å². The first-order valence-corrected chi connectivity index (χ1v) is 11.1. The zero-order chi connectivity index (χ0) is 23.1. The molecule has 1 N–H and O–H groups in total. The van der Waals surface area contributed by atoms with Crippen LogP contribution in [0.4, 0.5) is 0 Å². The second-order valence-electron chi connectivity index (χ2n) is 8.73. The van der Waals surface area contributed by atoms with Crippen molar-refractivity contribution in [1.29, 1.82) is 0 Å². The summed E-state index contributed by atoms with van der Waals surface area (Å²) in [5.74, 6) is 1.93. The normalized spacial score (nSPS) is 12.5. The van der Waals surface area contributed by atoms with Gasteiger partial charge in [-0.2, -0.15) is 5.10 Å². The summed E-state index contributed by atoms with van der Waals surface area (Å²) in [6.45, 7) is 8.69. The van der Waals surface area contributed by atoms with Crippen LogP contribution in [-0.2, 0) is 18.3 Å². The van der Waals surface area contributed by atoms with Crippen LogP contribution in [0.2, 0.25) is 0 Å². The summed E-state index contributed by atoms with van der Waals surface area (Å²) < 4.78 is 13.3. The van der Waals surface area contributed by atoms with E-state index in [0.29, 0.717) is 31.5 Å². The van der Waals surface area contributed by atoms with Gasteiger partial charge in [-0.1, -0.05) is 61.9 Å². The number of rotatable bonds is 11. The van der Waals surface area contributed by atoms with Crippen molar-refractivity contribution < 1.29 is 14.6 Å². The van der Waals surface area contributed by atoms with Crippen LogP contribution >= 0.6 is 0 Å². The Morgan fingerprint density at radius 2 is 1.72 bits per heavy atom. The van der Waals surface area contributed by atoms with Gasteiger partial charge in [0.15, 0.2) is 0 Å². The molecule has 0 amide bonds. The third-order valence-corrected chi connectivity index (χ3v) is 5.20. The van der Waals surface area contributed by atoms with E-state index in [2.05, 4.69) is 37.8 Å². The van der Waals surface area contributed by atoms with Crippen molar-refractivity contribution in [3.05, 3.63) is 65.7 Å². The van der Waals surface area contributed by atoms with Crippen LogP contribution in [-0.4, -0.2) is 52.7 Å². The average Bonchev–Trinajstić information content (AvgIpc) is 3.05. The summed E-state index contributed by atoms with van der Waals surface area (Å²) in [6.07, 6.45) is -0.558. The van der Waals surface area contributed by atoms with Crippen molar-refractivity contribution in [2.24, 2.45) is 13.0 Å². The van der Waals surface area contributed by atoms with E-state index in [1.807, 2.05) is 49.5 Å². The molecule has 172 valence electrons. The molecule has 0 saturated carbocycles. The Bertz CT molecular complexity index is 968.